The molecule has 1 aromatic carbocycles. The van der Waals surface area contributed by atoms with Crippen LogP contribution >= 0.6 is 0 Å². The van der Waals surface area contributed by atoms with E-state index in [2.05, 4.69) is 5.43 Å². The summed E-state index contributed by atoms with van der Waals surface area (Å²) in [7, 11) is 0. The number of hydrazine groups is 1. The average molecular weight is 207 g/mol. The van der Waals surface area contributed by atoms with Gasteiger partial charge in [0.2, 0.25) is 0 Å². The highest BCUT2D eigenvalue weighted by molar-refractivity contribution is 5.51. The van der Waals surface area contributed by atoms with Crippen molar-refractivity contribution >= 4 is 5.69 Å². The van der Waals surface area contributed by atoms with Crippen molar-refractivity contribution in [1.82, 2.24) is 0 Å². The summed E-state index contributed by atoms with van der Waals surface area (Å²) in [6, 6.07) is 8.58. The second-order valence-corrected chi connectivity index (χ2v) is 3.11. The van der Waals surface area contributed by atoms with Gasteiger partial charge >= 0.3 is 0 Å². The molecule has 0 amide bonds. The molecule has 0 saturated heterocycles. The van der Waals surface area contributed by atoms with Crippen LogP contribution in [0.1, 0.15) is 18.1 Å². The molecule has 2 unspecified atom stereocenters. The van der Waals surface area contributed by atoms with E-state index < -0.39 is 12.2 Å². The third kappa shape index (κ3) is 2.67. The number of para-hydroxylation sites is 1. The van der Waals surface area contributed by atoms with Gasteiger partial charge in [0, 0.05) is 5.56 Å². The molecular weight excluding hydrogens is 194 g/mol. The van der Waals surface area contributed by atoms with Gasteiger partial charge in [-0.3, -0.25) is 5.84 Å². The highest BCUT2D eigenvalue weighted by Crippen LogP contribution is 2.25. The van der Waals surface area contributed by atoms with E-state index in [0.29, 0.717) is 11.3 Å². The van der Waals surface area contributed by atoms with Gasteiger partial charge in [-0.15, -0.1) is 0 Å². The van der Waals surface area contributed by atoms with Gasteiger partial charge in [0.25, 0.3) is 0 Å². The normalized spacial score (nSPS) is 14.0. The summed E-state index contributed by atoms with van der Waals surface area (Å²) < 4.78 is 0. The van der Waals surface area contributed by atoms with Crippen LogP contribution in [0.3, 0.4) is 0 Å². The topological polar surface area (TPSA) is 102 Å². The van der Waals surface area contributed by atoms with Crippen LogP contribution in [0, 0.1) is 11.3 Å². The summed E-state index contributed by atoms with van der Waals surface area (Å²) in [6.07, 6.45) is -2.35. The van der Waals surface area contributed by atoms with E-state index in [-0.39, 0.29) is 6.42 Å². The number of hydrogen-bond donors (Lipinski definition) is 4. The summed E-state index contributed by atoms with van der Waals surface area (Å²) >= 11 is 0. The molecule has 0 fully saturated rings. The Morgan fingerprint density at radius 2 is 2.07 bits per heavy atom. The Hall–Kier alpha value is -1.61. The van der Waals surface area contributed by atoms with E-state index in [0.717, 1.165) is 0 Å². The lowest BCUT2D eigenvalue weighted by atomic mass is 10.0. The molecule has 5 nitrogen and oxygen atoms in total. The first kappa shape index (κ1) is 11.5. The van der Waals surface area contributed by atoms with Gasteiger partial charge in [0.1, 0.15) is 6.10 Å². The van der Waals surface area contributed by atoms with Crippen molar-refractivity contribution in [1.29, 1.82) is 5.26 Å². The van der Waals surface area contributed by atoms with Crippen molar-refractivity contribution in [2.75, 3.05) is 5.43 Å². The third-order valence-electron chi connectivity index (χ3n) is 2.10. The quantitative estimate of drug-likeness (QED) is 0.419. The van der Waals surface area contributed by atoms with Gasteiger partial charge in [-0.1, -0.05) is 18.2 Å². The molecule has 2 atom stereocenters. The number of nitriles is 1. The number of rotatable bonds is 4. The van der Waals surface area contributed by atoms with Gasteiger partial charge in [0.15, 0.2) is 0 Å². The maximum absolute atomic E-state index is 9.74. The minimum Gasteiger partial charge on any atom is -0.389 e. The van der Waals surface area contributed by atoms with Crippen LogP contribution in [-0.2, 0) is 0 Å². The van der Waals surface area contributed by atoms with E-state index in [4.69, 9.17) is 11.1 Å². The fourth-order valence-electron chi connectivity index (χ4n) is 1.30. The molecule has 1 aromatic rings. The minimum atomic E-state index is -1.11. The summed E-state index contributed by atoms with van der Waals surface area (Å²) in [5, 5.41) is 27.6. The SMILES string of the molecule is N#CCC(O)C(O)c1ccccc1NN. The van der Waals surface area contributed by atoms with Gasteiger partial charge in [0.05, 0.1) is 24.3 Å². The molecule has 5 N–H and O–H groups in total. The van der Waals surface area contributed by atoms with Gasteiger partial charge < -0.3 is 15.6 Å². The summed E-state index contributed by atoms with van der Waals surface area (Å²) in [6.45, 7) is 0. The Morgan fingerprint density at radius 3 is 2.67 bits per heavy atom. The van der Waals surface area contributed by atoms with Crippen LogP contribution in [0.4, 0.5) is 5.69 Å². The highest BCUT2D eigenvalue weighted by atomic mass is 16.3. The van der Waals surface area contributed by atoms with Crippen molar-refractivity contribution in [2.45, 2.75) is 18.6 Å². The molecule has 1 rings (SSSR count). The Bertz CT molecular complexity index is 362. The zero-order chi connectivity index (χ0) is 11.3. The summed E-state index contributed by atoms with van der Waals surface area (Å²) in [5.74, 6) is 5.25. The number of benzene rings is 1. The minimum absolute atomic E-state index is 0.125. The molecule has 0 spiro atoms. The van der Waals surface area contributed by atoms with Crippen LogP contribution in [-0.4, -0.2) is 16.3 Å². The van der Waals surface area contributed by atoms with Crippen molar-refractivity contribution in [3.05, 3.63) is 29.8 Å². The Labute approximate surface area is 87.7 Å². The van der Waals surface area contributed by atoms with Crippen LogP contribution in [0.15, 0.2) is 24.3 Å². The summed E-state index contributed by atoms with van der Waals surface area (Å²) in [5.41, 5.74) is 3.42. The highest BCUT2D eigenvalue weighted by Gasteiger charge is 2.20. The monoisotopic (exact) mass is 207 g/mol. The van der Waals surface area contributed by atoms with Crippen molar-refractivity contribution in [3.8, 4) is 6.07 Å². The molecule has 15 heavy (non-hydrogen) atoms. The Morgan fingerprint density at radius 1 is 1.40 bits per heavy atom. The lowest BCUT2D eigenvalue weighted by Crippen LogP contribution is -2.20. The first-order valence-electron chi connectivity index (χ1n) is 4.49. The number of aliphatic hydroxyl groups is 2. The fraction of sp³-hybridized carbons (Fsp3) is 0.300. The van der Waals surface area contributed by atoms with Gasteiger partial charge in [-0.25, -0.2) is 0 Å². The number of nitrogens with zero attached hydrogens (tertiary/aromatic N) is 1. The number of nitrogen functional groups attached to an aromatic ring is 1. The molecule has 0 aliphatic rings. The van der Waals surface area contributed by atoms with Crippen molar-refractivity contribution in [3.63, 3.8) is 0 Å². The number of nitrogens with one attached hydrogen (secondary N) is 1. The maximum atomic E-state index is 9.74. The molecule has 0 aliphatic carbocycles. The Kier molecular flexibility index (Phi) is 4.06. The summed E-state index contributed by atoms with van der Waals surface area (Å²) in [4.78, 5) is 0. The fourth-order valence-corrected chi connectivity index (χ4v) is 1.30. The number of aliphatic hydroxyl groups excluding tert-OH is 2. The zero-order valence-corrected chi connectivity index (χ0v) is 8.09. The van der Waals surface area contributed by atoms with Crippen LogP contribution in [0.25, 0.3) is 0 Å². The molecule has 80 valence electrons. The van der Waals surface area contributed by atoms with E-state index in [1.165, 1.54) is 0 Å². The second kappa shape index (κ2) is 5.32. The maximum Gasteiger partial charge on any atom is 0.108 e. The van der Waals surface area contributed by atoms with Crippen LogP contribution in [0.2, 0.25) is 0 Å². The van der Waals surface area contributed by atoms with Crippen LogP contribution < -0.4 is 11.3 Å². The first-order valence-corrected chi connectivity index (χ1v) is 4.49. The van der Waals surface area contributed by atoms with E-state index >= 15 is 0 Å². The van der Waals surface area contributed by atoms with E-state index in [9.17, 15) is 10.2 Å². The molecule has 0 heterocycles. The average Bonchev–Trinajstić information content (AvgIpc) is 2.28. The van der Waals surface area contributed by atoms with Gasteiger partial charge in [-0.2, -0.15) is 5.26 Å². The molecular formula is C10H13N3O2. The zero-order valence-electron chi connectivity index (χ0n) is 8.09. The van der Waals surface area contributed by atoms with Crippen LogP contribution in [0.5, 0.6) is 0 Å². The third-order valence-corrected chi connectivity index (χ3v) is 2.10. The molecule has 0 saturated carbocycles. The Balaban J connectivity index is 2.90. The predicted molar refractivity (Wildman–Crippen MR) is 55.4 cm³/mol. The van der Waals surface area contributed by atoms with Crippen molar-refractivity contribution < 1.29 is 10.2 Å². The molecule has 0 aromatic heterocycles. The lowest BCUT2D eigenvalue weighted by Gasteiger charge is -2.18. The molecule has 0 aliphatic heterocycles. The molecule has 5 heteroatoms. The largest absolute Gasteiger partial charge is 0.389 e. The predicted octanol–water partition coefficient (Wildman–Crippen LogP) is 0.280. The second-order valence-electron chi connectivity index (χ2n) is 3.11. The first-order chi connectivity index (χ1) is 7.20. The molecule has 0 bridgehead atoms. The number of nitrogens with two attached hydrogens (primary N) is 1. The standard InChI is InChI=1S/C10H13N3O2/c11-6-5-9(14)10(15)7-3-1-2-4-8(7)13-12/h1-4,9-10,13-15H,5,12H2. The number of hydrogen-bond acceptors (Lipinski definition) is 5. The van der Waals surface area contributed by atoms with Crippen molar-refractivity contribution in [2.24, 2.45) is 5.84 Å². The van der Waals surface area contributed by atoms with E-state index in [1.54, 1.807) is 30.3 Å². The van der Waals surface area contributed by atoms with E-state index in [1.807, 2.05) is 0 Å². The lowest BCUT2D eigenvalue weighted by molar-refractivity contribution is 0.0220. The van der Waals surface area contributed by atoms with Gasteiger partial charge in [-0.05, 0) is 6.07 Å². The number of anilines is 1. The smallest absolute Gasteiger partial charge is 0.108 e. The molecule has 0 radical (unpaired) electrons.